The minimum Gasteiger partial charge on any atom is -0.465 e. The van der Waals surface area contributed by atoms with E-state index in [9.17, 15) is 4.79 Å². The Balaban J connectivity index is 3.42. The molecule has 0 aliphatic rings. The molecule has 0 fully saturated rings. The molecule has 0 rings (SSSR count). The summed E-state index contributed by atoms with van der Waals surface area (Å²) in [6, 6.07) is 0. The number of ether oxygens (including phenoxy) is 1. The van der Waals surface area contributed by atoms with Gasteiger partial charge in [0, 0.05) is 0 Å². The Labute approximate surface area is 62.6 Å². The van der Waals surface area contributed by atoms with Crippen molar-refractivity contribution >= 4 is 5.97 Å². The van der Waals surface area contributed by atoms with Crippen LogP contribution in [0.15, 0.2) is 0 Å². The van der Waals surface area contributed by atoms with Crippen molar-refractivity contribution in [2.24, 2.45) is 5.92 Å². The predicted molar refractivity (Wildman–Crippen MR) is 40.7 cm³/mol. The van der Waals surface area contributed by atoms with Crippen molar-refractivity contribution in [2.75, 3.05) is 6.61 Å². The molecular formula is C8H16O2. The molecule has 60 valence electrons. The van der Waals surface area contributed by atoms with Crippen LogP contribution < -0.4 is 0 Å². The van der Waals surface area contributed by atoms with Crippen molar-refractivity contribution in [1.82, 2.24) is 0 Å². The first-order valence-corrected chi connectivity index (χ1v) is 3.89. The number of esters is 1. The molecule has 0 heterocycles. The van der Waals surface area contributed by atoms with Gasteiger partial charge in [-0.1, -0.05) is 20.8 Å². The van der Waals surface area contributed by atoms with Gasteiger partial charge in [-0.2, -0.15) is 0 Å². The minimum atomic E-state index is -0.0654. The molecule has 1 unspecified atom stereocenters. The zero-order valence-corrected chi connectivity index (χ0v) is 7.02. The summed E-state index contributed by atoms with van der Waals surface area (Å²) < 4.78 is 4.90. The van der Waals surface area contributed by atoms with E-state index in [2.05, 4.69) is 0 Å². The van der Waals surface area contributed by atoms with Gasteiger partial charge >= 0.3 is 5.97 Å². The fourth-order valence-electron chi connectivity index (χ4n) is 0.512. The summed E-state index contributed by atoms with van der Waals surface area (Å²) in [6.45, 7) is 6.42. The van der Waals surface area contributed by atoms with Gasteiger partial charge in [0.15, 0.2) is 0 Å². The first-order chi connectivity index (χ1) is 4.72. The number of carbonyl (C=O) groups is 1. The molecule has 0 aliphatic carbocycles. The van der Waals surface area contributed by atoms with Crippen LogP contribution in [0.3, 0.4) is 0 Å². The van der Waals surface area contributed by atoms with Gasteiger partial charge in [-0.25, -0.2) is 0 Å². The predicted octanol–water partition coefficient (Wildman–Crippen LogP) is 1.99. The van der Waals surface area contributed by atoms with E-state index in [0.717, 1.165) is 12.8 Å². The van der Waals surface area contributed by atoms with E-state index in [0.29, 0.717) is 6.61 Å². The Kier molecular flexibility index (Phi) is 4.99. The van der Waals surface area contributed by atoms with E-state index in [1.165, 1.54) is 0 Å². The van der Waals surface area contributed by atoms with Gasteiger partial charge in [0.05, 0.1) is 12.5 Å². The highest BCUT2D eigenvalue weighted by Gasteiger charge is 2.10. The molecular weight excluding hydrogens is 128 g/mol. The van der Waals surface area contributed by atoms with Gasteiger partial charge in [0.1, 0.15) is 0 Å². The van der Waals surface area contributed by atoms with Gasteiger partial charge in [0.25, 0.3) is 0 Å². The molecule has 2 heteroatoms. The second-order valence-corrected chi connectivity index (χ2v) is 2.48. The van der Waals surface area contributed by atoms with E-state index in [-0.39, 0.29) is 11.9 Å². The zero-order valence-electron chi connectivity index (χ0n) is 7.02. The van der Waals surface area contributed by atoms with Gasteiger partial charge in [0.2, 0.25) is 0 Å². The van der Waals surface area contributed by atoms with Crippen molar-refractivity contribution in [3.8, 4) is 0 Å². The van der Waals surface area contributed by atoms with E-state index < -0.39 is 0 Å². The zero-order chi connectivity index (χ0) is 7.98. The maximum atomic E-state index is 10.9. The summed E-state index contributed by atoms with van der Waals surface area (Å²) in [6.07, 6.45) is 1.77. The van der Waals surface area contributed by atoms with Crippen LogP contribution in [-0.2, 0) is 9.53 Å². The van der Waals surface area contributed by atoms with Crippen LogP contribution in [0.1, 0.15) is 33.6 Å². The van der Waals surface area contributed by atoms with E-state index in [1.54, 1.807) is 0 Å². The fraction of sp³-hybridized carbons (Fsp3) is 0.875. The minimum absolute atomic E-state index is 0.0616. The summed E-state index contributed by atoms with van der Waals surface area (Å²) in [5.74, 6) is -0.00380. The Bertz CT molecular complexity index is 99.4. The Morgan fingerprint density at radius 1 is 1.50 bits per heavy atom. The van der Waals surface area contributed by atoms with Crippen LogP contribution >= 0.6 is 0 Å². The summed E-state index contributed by atoms with van der Waals surface area (Å²) in [7, 11) is 0. The number of hydrogen-bond acceptors (Lipinski definition) is 2. The quantitative estimate of drug-likeness (QED) is 0.564. The second-order valence-electron chi connectivity index (χ2n) is 2.48. The lowest BCUT2D eigenvalue weighted by molar-refractivity contribution is -0.148. The molecule has 0 bridgehead atoms. The highest BCUT2D eigenvalue weighted by molar-refractivity contribution is 5.71. The van der Waals surface area contributed by atoms with Crippen LogP contribution in [0.25, 0.3) is 0 Å². The van der Waals surface area contributed by atoms with Gasteiger partial charge in [-0.05, 0) is 12.8 Å². The maximum Gasteiger partial charge on any atom is 0.308 e. The lowest BCUT2D eigenvalue weighted by Crippen LogP contribution is -2.14. The molecule has 0 aromatic rings. The van der Waals surface area contributed by atoms with Gasteiger partial charge in [-0.3, -0.25) is 4.79 Å². The molecule has 1 atom stereocenters. The van der Waals surface area contributed by atoms with Crippen LogP contribution in [0.2, 0.25) is 0 Å². The van der Waals surface area contributed by atoms with Crippen molar-refractivity contribution in [1.29, 1.82) is 0 Å². The van der Waals surface area contributed by atoms with E-state index in [4.69, 9.17) is 4.74 Å². The van der Waals surface area contributed by atoms with E-state index in [1.807, 2.05) is 20.8 Å². The molecule has 0 aromatic carbocycles. The molecule has 0 aliphatic heterocycles. The average molecular weight is 144 g/mol. The van der Waals surface area contributed by atoms with Gasteiger partial charge < -0.3 is 4.74 Å². The molecule has 0 saturated heterocycles. The largest absolute Gasteiger partial charge is 0.465 e. The summed E-state index contributed by atoms with van der Waals surface area (Å²) in [5, 5.41) is 0. The maximum absolute atomic E-state index is 10.9. The normalized spacial score (nSPS) is 12.7. The smallest absolute Gasteiger partial charge is 0.308 e. The monoisotopic (exact) mass is 144 g/mol. The van der Waals surface area contributed by atoms with Crippen LogP contribution in [0.4, 0.5) is 0 Å². The molecule has 2 nitrogen and oxygen atoms in total. The van der Waals surface area contributed by atoms with Gasteiger partial charge in [-0.15, -0.1) is 0 Å². The molecule has 0 saturated carbocycles. The highest BCUT2D eigenvalue weighted by Crippen LogP contribution is 2.02. The number of hydrogen-bond donors (Lipinski definition) is 0. The molecule has 0 spiro atoms. The summed E-state index contributed by atoms with van der Waals surface area (Å²) in [5.41, 5.74) is 0. The van der Waals surface area contributed by atoms with Crippen LogP contribution in [0.5, 0.6) is 0 Å². The number of rotatable bonds is 4. The molecule has 0 aromatic heterocycles. The van der Waals surface area contributed by atoms with Crippen molar-refractivity contribution < 1.29 is 9.53 Å². The third kappa shape index (κ3) is 3.49. The Hall–Kier alpha value is -0.530. The van der Waals surface area contributed by atoms with E-state index >= 15 is 0 Å². The van der Waals surface area contributed by atoms with Crippen molar-refractivity contribution in [3.63, 3.8) is 0 Å². The van der Waals surface area contributed by atoms with Crippen LogP contribution in [0, 0.1) is 5.92 Å². The van der Waals surface area contributed by atoms with Crippen molar-refractivity contribution in [3.05, 3.63) is 0 Å². The first-order valence-electron chi connectivity index (χ1n) is 3.89. The molecule has 0 radical (unpaired) electrons. The fourth-order valence-corrected chi connectivity index (χ4v) is 0.512. The molecule has 0 N–H and O–H groups in total. The molecule has 0 amide bonds. The lowest BCUT2D eigenvalue weighted by atomic mass is 10.1. The first kappa shape index (κ1) is 9.47. The standard InChI is InChI=1S/C8H16O2/c1-4-6-10-8(9)7(3)5-2/h7H,4-6H2,1-3H3. The van der Waals surface area contributed by atoms with Crippen molar-refractivity contribution in [2.45, 2.75) is 33.6 Å². The topological polar surface area (TPSA) is 26.3 Å². The second kappa shape index (κ2) is 5.27. The highest BCUT2D eigenvalue weighted by atomic mass is 16.5. The number of carbonyl (C=O) groups excluding carboxylic acids is 1. The SMILES string of the molecule is CCCOC(=O)C(C)CC. The average Bonchev–Trinajstić information content (AvgIpc) is 1.98. The molecule has 10 heavy (non-hydrogen) atoms. The summed E-state index contributed by atoms with van der Waals surface area (Å²) in [4.78, 5) is 10.9. The van der Waals surface area contributed by atoms with Crippen LogP contribution in [-0.4, -0.2) is 12.6 Å². The Morgan fingerprint density at radius 2 is 2.10 bits per heavy atom. The summed E-state index contributed by atoms with van der Waals surface area (Å²) >= 11 is 0. The third-order valence-electron chi connectivity index (χ3n) is 1.46. The lowest BCUT2D eigenvalue weighted by Gasteiger charge is -2.07. The third-order valence-corrected chi connectivity index (χ3v) is 1.46. The Morgan fingerprint density at radius 3 is 2.50 bits per heavy atom.